The maximum Gasteiger partial charge on any atom is 4.00 e. The van der Waals surface area contributed by atoms with Gasteiger partial charge in [-0.3, -0.25) is 0 Å². The molecule has 4 aromatic rings. The second kappa shape index (κ2) is 17.1. The van der Waals surface area contributed by atoms with Gasteiger partial charge in [-0.2, -0.15) is 82.4 Å². The summed E-state index contributed by atoms with van der Waals surface area (Å²) in [7, 11) is 3.30. The zero-order valence-electron chi connectivity index (χ0n) is 20.3. The predicted octanol–water partition coefficient (Wildman–Crippen LogP) is 7.34. The molecule has 4 aromatic carbocycles. The molecular formula is C29H34O2Ti. The van der Waals surface area contributed by atoms with Gasteiger partial charge in [0.2, 0.25) is 0 Å². The molecule has 0 radical (unpaired) electrons. The summed E-state index contributed by atoms with van der Waals surface area (Å²) < 4.78 is 9.79. The van der Waals surface area contributed by atoms with E-state index >= 15 is 0 Å². The average molecular weight is 462 g/mol. The molecular weight excluding hydrogens is 428 g/mol. The van der Waals surface area contributed by atoms with Crippen LogP contribution in [0.3, 0.4) is 0 Å². The van der Waals surface area contributed by atoms with Crippen molar-refractivity contribution in [3.8, 4) is 11.5 Å². The number of methoxy groups -OCH3 is 2. The second-order valence-corrected chi connectivity index (χ2v) is 6.97. The molecule has 0 aliphatic rings. The first kappa shape index (κ1) is 29.5. The second-order valence-electron chi connectivity index (χ2n) is 6.97. The van der Waals surface area contributed by atoms with Gasteiger partial charge in [-0.25, -0.2) is 12.1 Å². The third kappa shape index (κ3) is 10.7. The summed E-state index contributed by atoms with van der Waals surface area (Å²) in [4.78, 5) is 0. The summed E-state index contributed by atoms with van der Waals surface area (Å²) in [6, 6.07) is 30.5. The van der Waals surface area contributed by atoms with Crippen LogP contribution in [0.4, 0.5) is 0 Å². The maximum atomic E-state index is 4.89. The van der Waals surface area contributed by atoms with Crippen molar-refractivity contribution in [2.24, 2.45) is 0 Å². The monoisotopic (exact) mass is 462 g/mol. The van der Waals surface area contributed by atoms with E-state index in [1.807, 2.05) is 78.9 Å². The van der Waals surface area contributed by atoms with E-state index in [-0.39, 0.29) is 21.7 Å². The third-order valence-corrected chi connectivity index (χ3v) is 5.21. The first-order chi connectivity index (χ1) is 14.9. The van der Waals surface area contributed by atoms with E-state index < -0.39 is 0 Å². The van der Waals surface area contributed by atoms with Crippen LogP contribution in [0.5, 0.6) is 11.5 Å². The molecule has 0 N–H and O–H groups in total. The van der Waals surface area contributed by atoms with Crippen molar-refractivity contribution in [1.82, 2.24) is 0 Å². The first-order valence-corrected chi connectivity index (χ1v) is 10.3. The summed E-state index contributed by atoms with van der Waals surface area (Å²) in [5.41, 5.74) is 7.34. The molecule has 4 rings (SSSR count). The standard InChI is InChI=1S/C10H15.2C7H7O.C5H5.Ti/c1-6-7(2)9(4)10(5)8(6)3;2*1-8-7-5-3-2-4-6-7;1-2-4-5-3-1;/h1-5H3;2*3-6H,1H3;1-5H;/q4*-1;+4. The fourth-order valence-electron chi connectivity index (χ4n) is 2.74. The normalized spacial score (nSPS) is 8.84. The number of rotatable bonds is 2. The van der Waals surface area contributed by atoms with E-state index in [2.05, 4.69) is 46.8 Å². The minimum absolute atomic E-state index is 0. The largest absolute Gasteiger partial charge is 4.00 e. The van der Waals surface area contributed by atoms with E-state index in [1.165, 1.54) is 27.8 Å². The molecule has 2 nitrogen and oxygen atoms in total. The van der Waals surface area contributed by atoms with Crippen LogP contribution in [-0.2, 0) is 21.7 Å². The average Bonchev–Trinajstić information content (AvgIpc) is 3.48. The topological polar surface area (TPSA) is 18.5 Å². The Kier molecular flexibility index (Phi) is 15.7. The van der Waals surface area contributed by atoms with Gasteiger partial charge in [-0.1, -0.05) is 34.6 Å². The SMILES string of the molecule is COc1cc[c-]cc1.COc1cc[c-]cc1.Cc1c(C)c(C)[c-](C)c1C.[Ti+4].c1cc[cH-]c1. The molecule has 0 saturated carbocycles. The molecule has 0 unspecified atom stereocenters. The minimum Gasteiger partial charge on any atom is -0.522 e. The van der Waals surface area contributed by atoms with Crippen LogP contribution in [0.1, 0.15) is 27.8 Å². The van der Waals surface area contributed by atoms with Crippen molar-refractivity contribution in [1.29, 1.82) is 0 Å². The molecule has 0 spiro atoms. The van der Waals surface area contributed by atoms with Crippen LogP contribution in [0.2, 0.25) is 0 Å². The third-order valence-electron chi connectivity index (χ3n) is 5.21. The van der Waals surface area contributed by atoms with Crippen LogP contribution in [0.15, 0.2) is 78.9 Å². The number of benzene rings is 2. The Balaban J connectivity index is 0.000000405. The number of ether oxygens (including phenoxy) is 2. The van der Waals surface area contributed by atoms with Crippen molar-refractivity contribution < 1.29 is 31.2 Å². The Morgan fingerprint density at radius 2 is 1.03 bits per heavy atom. The molecule has 0 aromatic heterocycles. The predicted molar refractivity (Wildman–Crippen MR) is 131 cm³/mol. The molecule has 0 atom stereocenters. The molecule has 166 valence electrons. The van der Waals surface area contributed by atoms with Gasteiger partial charge in [-0.05, 0) is 0 Å². The van der Waals surface area contributed by atoms with Gasteiger partial charge >= 0.3 is 21.7 Å². The Morgan fingerprint density at radius 1 is 0.688 bits per heavy atom. The van der Waals surface area contributed by atoms with Crippen molar-refractivity contribution in [2.45, 2.75) is 34.6 Å². The van der Waals surface area contributed by atoms with E-state index in [1.54, 1.807) is 14.2 Å². The van der Waals surface area contributed by atoms with Crippen LogP contribution in [-0.4, -0.2) is 14.2 Å². The van der Waals surface area contributed by atoms with Crippen LogP contribution in [0.25, 0.3) is 0 Å². The van der Waals surface area contributed by atoms with Crippen molar-refractivity contribution >= 4 is 0 Å². The molecule has 3 heteroatoms. The van der Waals surface area contributed by atoms with E-state index in [4.69, 9.17) is 9.47 Å². The van der Waals surface area contributed by atoms with Gasteiger partial charge in [0, 0.05) is 11.5 Å². The molecule has 32 heavy (non-hydrogen) atoms. The van der Waals surface area contributed by atoms with Gasteiger partial charge in [0.1, 0.15) is 0 Å². The van der Waals surface area contributed by atoms with E-state index in [0.29, 0.717) is 0 Å². The van der Waals surface area contributed by atoms with E-state index in [9.17, 15) is 0 Å². The maximum absolute atomic E-state index is 4.89. The summed E-state index contributed by atoms with van der Waals surface area (Å²) in [5.74, 6) is 1.76. The van der Waals surface area contributed by atoms with E-state index in [0.717, 1.165) is 11.5 Å². The first-order valence-electron chi connectivity index (χ1n) is 10.3. The smallest absolute Gasteiger partial charge is 0.522 e. The summed E-state index contributed by atoms with van der Waals surface area (Å²) >= 11 is 0. The van der Waals surface area contributed by atoms with Crippen LogP contribution < -0.4 is 9.47 Å². The van der Waals surface area contributed by atoms with Gasteiger partial charge < -0.3 is 9.47 Å². The van der Waals surface area contributed by atoms with Gasteiger partial charge in [0.15, 0.2) is 0 Å². The summed E-state index contributed by atoms with van der Waals surface area (Å²) in [6.07, 6.45) is 0. The molecule has 0 saturated heterocycles. The Hall–Kier alpha value is -2.55. The van der Waals surface area contributed by atoms with Crippen molar-refractivity contribution in [2.75, 3.05) is 14.2 Å². The quantitative estimate of drug-likeness (QED) is 0.229. The molecule has 0 aliphatic heterocycles. The summed E-state index contributed by atoms with van der Waals surface area (Å²) in [6.45, 7) is 11.0. The fraction of sp³-hybridized carbons (Fsp3) is 0.241. The molecule has 0 aliphatic carbocycles. The van der Waals surface area contributed by atoms with Gasteiger partial charge in [0.25, 0.3) is 0 Å². The number of hydrogen-bond acceptors (Lipinski definition) is 2. The van der Waals surface area contributed by atoms with Crippen molar-refractivity contribution in [3.05, 3.63) is 119 Å². The molecule has 0 fully saturated rings. The zero-order valence-corrected chi connectivity index (χ0v) is 21.9. The van der Waals surface area contributed by atoms with Gasteiger partial charge in [-0.15, -0.1) is 24.3 Å². The molecule has 0 amide bonds. The Bertz CT molecular complexity index is 803. The van der Waals surface area contributed by atoms with Crippen LogP contribution in [0, 0.1) is 46.8 Å². The number of hydrogen-bond donors (Lipinski definition) is 0. The van der Waals surface area contributed by atoms with Crippen molar-refractivity contribution in [3.63, 3.8) is 0 Å². The van der Waals surface area contributed by atoms with Gasteiger partial charge in [0.05, 0.1) is 14.2 Å². The fourth-order valence-corrected chi connectivity index (χ4v) is 2.74. The molecule has 0 heterocycles. The Labute approximate surface area is 209 Å². The zero-order chi connectivity index (χ0) is 23.1. The minimum atomic E-state index is 0. The Morgan fingerprint density at radius 3 is 1.19 bits per heavy atom. The molecule has 0 bridgehead atoms. The summed E-state index contributed by atoms with van der Waals surface area (Å²) in [5, 5.41) is 0. The van der Waals surface area contributed by atoms with Crippen LogP contribution >= 0.6 is 0 Å².